The Morgan fingerprint density at radius 2 is 1.24 bits per heavy atom. The minimum absolute atomic E-state index is 0.00850. The molecule has 10 heteroatoms. The van der Waals surface area contributed by atoms with E-state index in [9.17, 15) is 16.8 Å². The second-order valence-electron chi connectivity index (χ2n) is 13.2. The van der Waals surface area contributed by atoms with E-state index in [1.807, 2.05) is 56.3 Å². The maximum absolute atomic E-state index is 12.6. The third-order valence-electron chi connectivity index (χ3n) is 9.14. The molecule has 1 saturated heterocycles. The Balaban J connectivity index is 1.39. The Morgan fingerprint density at radius 1 is 0.640 bits per heavy atom. The lowest BCUT2D eigenvalue weighted by molar-refractivity contribution is 0.183. The molecule has 4 aromatic carbocycles. The largest absolute Gasteiger partial charge is 0.492 e. The van der Waals surface area contributed by atoms with Gasteiger partial charge in [0.25, 0.3) is 0 Å². The molecule has 1 heterocycles. The quantitative estimate of drug-likeness (QED) is 0.0700. The number of benzene rings is 4. The lowest BCUT2D eigenvalue weighted by Crippen LogP contribution is -2.33. The van der Waals surface area contributed by atoms with Gasteiger partial charge in [0.1, 0.15) is 23.9 Å². The molecule has 0 bridgehead atoms. The maximum Gasteiger partial charge on any atom is 0.309 e. The van der Waals surface area contributed by atoms with E-state index in [-0.39, 0.29) is 17.3 Å². The molecule has 0 unspecified atom stereocenters. The maximum atomic E-state index is 12.6. The molecule has 1 fully saturated rings. The van der Waals surface area contributed by atoms with E-state index < -0.39 is 20.2 Å². The van der Waals surface area contributed by atoms with Crippen LogP contribution in [0.1, 0.15) is 82.8 Å². The average Bonchev–Trinajstić information content (AvgIpc) is 3.10. The van der Waals surface area contributed by atoms with Crippen LogP contribution in [0.5, 0.6) is 17.2 Å². The second-order valence-corrected chi connectivity index (χ2v) is 16.6. The number of unbranched alkanes of at least 4 members (excludes halogenated alkanes) is 4. The number of rotatable bonds is 19. The SMILES string of the molecule is CCCCCS(=O)(=O)Oc1ccc(-c2ccc3cc(OS(=O)(=O)CCCCC)ccc3c2Cc2ccc(OCCN3CCCCC3)cc2)cc1. The summed E-state index contributed by atoms with van der Waals surface area (Å²) in [4.78, 5) is 2.46. The molecule has 270 valence electrons. The Labute approximate surface area is 299 Å². The lowest BCUT2D eigenvalue weighted by Gasteiger charge is -2.26. The zero-order chi connectivity index (χ0) is 35.4. The van der Waals surface area contributed by atoms with Crippen molar-refractivity contribution >= 4 is 31.0 Å². The van der Waals surface area contributed by atoms with Gasteiger partial charge in [-0.15, -0.1) is 0 Å². The van der Waals surface area contributed by atoms with E-state index in [2.05, 4.69) is 17.0 Å². The van der Waals surface area contributed by atoms with Crippen LogP contribution < -0.4 is 13.1 Å². The first-order valence-electron chi connectivity index (χ1n) is 18.1. The summed E-state index contributed by atoms with van der Waals surface area (Å²) in [6.07, 6.45) is 9.12. The number of fused-ring (bicyclic) bond motifs is 1. The van der Waals surface area contributed by atoms with Crippen LogP contribution in [0.3, 0.4) is 0 Å². The molecule has 5 rings (SSSR count). The topological polar surface area (TPSA) is 99.2 Å². The first-order chi connectivity index (χ1) is 24.1. The monoisotopic (exact) mass is 721 g/mol. The standard InChI is InChI=1S/C40H51NO7S2/c1-3-5-10-28-49(42,43)47-36-19-14-33(15-20-36)38-22-16-34-31-37(48-50(44,45)29-11-6-4-2)21-23-39(34)40(38)30-32-12-17-35(18-13-32)46-27-26-41-24-8-7-9-25-41/h12-23,31H,3-11,24-30H2,1-2H3. The van der Waals surface area contributed by atoms with Crippen molar-refractivity contribution in [3.63, 3.8) is 0 Å². The molecule has 1 aliphatic heterocycles. The van der Waals surface area contributed by atoms with Crippen LogP contribution in [0.4, 0.5) is 0 Å². The van der Waals surface area contributed by atoms with Gasteiger partial charge in [-0.3, -0.25) is 4.90 Å². The minimum Gasteiger partial charge on any atom is -0.492 e. The number of piperidine rings is 1. The first-order valence-corrected chi connectivity index (χ1v) is 21.2. The molecule has 0 aromatic heterocycles. The second kappa shape index (κ2) is 18.1. The third kappa shape index (κ3) is 11.2. The van der Waals surface area contributed by atoms with Gasteiger partial charge in [-0.1, -0.05) is 88.4 Å². The van der Waals surface area contributed by atoms with Crippen molar-refractivity contribution in [1.82, 2.24) is 4.90 Å². The zero-order valence-corrected chi connectivity index (χ0v) is 31.1. The normalized spacial score (nSPS) is 14.1. The summed E-state index contributed by atoms with van der Waals surface area (Å²) in [6.45, 7) is 7.94. The van der Waals surface area contributed by atoms with E-state index in [0.29, 0.717) is 31.6 Å². The van der Waals surface area contributed by atoms with Crippen molar-refractivity contribution in [1.29, 1.82) is 0 Å². The predicted molar refractivity (Wildman–Crippen MR) is 202 cm³/mol. The van der Waals surface area contributed by atoms with Gasteiger partial charge in [0.2, 0.25) is 0 Å². The lowest BCUT2D eigenvalue weighted by atomic mass is 9.90. The van der Waals surface area contributed by atoms with E-state index in [1.54, 1.807) is 24.3 Å². The van der Waals surface area contributed by atoms with E-state index in [4.69, 9.17) is 13.1 Å². The summed E-state index contributed by atoms with van der Waals surface area (Å²) in [5.74, 6) is 1.39. The van der Waals surface area contributed by atoms with Crippen molar-refractivity contribution in [2.75, 3.05) is 37.7 Å². The van der Waals surface area contributed by atoms with Gasteiger partial charge in [-0.2, -0.15) is 16.8 Å². The van der Waals surface area contributed by atoms with Crippen molar-refractivity contribution in [2.24, 2.45) is 0 Å². The van der Waals surface area contributed by atoms with Crippen LogP contribution in [0, 0.1) is 0 Å². The fraction of sp³-hybridized carbons (Fsp3) is 0.450. The number of hydrogen-bond acceptors (Lipinski definition) is 8. The Morgan fingerprint density at radius 3 is 1.88 bits per heavy atom. The highest BCUT2D eigenvalue weighted by Gasteiger charge is 2.17. The summed E-state index contributed by atoms with van der Waals surface area (Å²) in [7, 11) is -7.36. The molecule has 0 atom stereocenters. The van der Waals surface area contributed by atoms with E-state index >= 15 is 0 Å². The van der Waals surface area contributed by atoms with Gasteiger partial charge in [0.05, 0.1) is 11.5 Å². The molecule has 0 aliphatic carbocycles. The third-order valence-corrected chi connectivity index (χ3v) is 11.6. The molecule has 50 heavy (non-hydrogen) atoms. The van der Waals surface area contributed by atoms with Crippen molar-refractivity contribution in [3.8, 4) is 28.4 Å². The molecule has 0 N–H and O–H groups in total. The Bertz CT molecular complexity index is 1880. The molecular weight excluding hydrogens is 671 g/mol. The number of hydrogen-bond donors (Lipinski definition) is 0. The van der Waals surface area contributed by atoms with Crippen molar-refractivity contribution in [3.05, 3.63) is 90.0 Å². The highest BCUT2D eigenvalue weighted by atomic mass is 32.2. The van der Waals surface area contributed by atoms with Crippen LogP contribution in [0.15, 0.2) is 78.9 Å². The van der Waals surface area contributed by atoms with Gasteiger partial charge >= 0.3 is 20.2 Å². The van der Waals surface area contributed by atoms with Crippen LogP contribution in [-0.2, 0) is 26.7 Å². The average molecular weight is 722 g/mol. The highest BCUT2D eigenvalue weighted by Crippen LogP contribution is 2.35. The first kappa shape index (κ1) is 37.7. The molecule has 0 radical (unpaired) electrons. The molecule has 0 amide bonds. The van der Waals surface area contributed by atoms with Gasteiger partial charge in [-0.25, -0.2) is 0 Å². The fourth-order valence-corrected chi connectivity index (χ4v) is 8.48. The van der Waals surface area contributed by atoms with Crippen LogP contribution in [0.25, 0.3) is 21.9 Å². The molecule has 1 aliphatic rings. The molecule has 0 saturated carbocycles. The molecule has 4 aromatic rings. The Hall–Kier alpha value is -3.60. The molecule has 0 spiro atoms. The smallest absolute Gasteiger partial charge is 0.309 e. The number of ether oxygens (including phenoxy) is 1. The van der Waals surface area contributed by atoms with Crippen LogP contribution in [0.2, 0.25) is 0 Å². The minimum atomic E-state index is -3.70. The number of likely N-dealkylation sites (tertiary alicyclic amines) is 1. The summed E-state index contributed by atoms with van der Waals surface area (Å²) >= 11 is 0. The van der Waals surface area contributed by atoms with Crippen LogP contribution >= 0.6 is 0 Å². The molecule has 8 nitrogen and oxygen atoms in total. The summed E-state index contributed by atoms with van der Waals surface area (Å²) in [6, 6.07) is 24.7. The van der Waals surface area contributed by atoms with Crippen molar-refractivity contribution < 1.29 is 29.9 Å². The summed E-state index contributed by atoms with van der Waals surface area (Å²) in [5, 5.41) is 1.83. The van der Waals surface area contributed by atoms with Gasteiger partial charge in [-0.05, 0) is 115 Å². The van der Waals surface area contributed by atoms with Gasteiger partial charge in [0, 0.05) is 6.54 Å². The predicted octanol–water partition coefficient (Wildman–Crippen LogP) is 8.76. The summed E-state index contributed by atoms with van der Waals surface area (Å²) < 4.78 is 67.2. The molecular formula is C40H51NO7S2. The van der Waals surface area contributed by atoms with E-state index in [1.165, 1.54) is 19.3 Å². The van der Waals surface area contributed by atoms with Gasteiger partial charge < -0.3 is 13.1 Å². The van der Waals surface area contributed by atoms with Crippen molar-refractivity contribution in [2.45, 2.75) is 78.1 Å². The number of nitrogens with zero attached hydrogens (tertiary/aromatic N) is 1. The summed E-state index contributed by atoms with van der Waals surface area (Å²) in [5.41, 5.74) is 4.05. The highest BCUT2D eigenvalue weighted by molar-refractivity contribution is 7.87. The van der Waals surface area contributed by atoms with Crippen LogP contribution in [-0.4, -0.2) is 59.5 Å². The van der Waals surface area contributed by atoms with Gasteiger partial charge in [0.15, 0.2) is 0 Å². The Kier molecular flexibility index (Phi) is 13.6. The zero-order valence-electron chi connectivity index (χ0n) is 29.4. The fourth-order valence-electron chi connectivity index (χ4n) is 6.39. The van der Waals surface area contributed by atoms with E-state index in [0.717, 1.165) is 84.1 Å².